The highest BCUT2D eigenvalue weighted by Crippen LogP contribution is 2.30. The van der Waals surface area contributed by atoms with Gasteiger partial charge in [0.15, 0.2) is 6.29 Å². The van der Waals surface area contributed by atoms with E-state index >= 15 is 0 Å². The third-order valence-electron chi connectivity index (χ3n) is 4.58. The maximum Gasteiger partial charge on any atom is 0.187 e. The van der Waals surface area contributed by atoms with Gasteiger partial charge in [-0.2, -0.15) is 0 Å². The smallest absolute Gasteiger partial charge is 0.187 e. The molecule has 0 unspecified atom stereocenters. The first-order chi connectivity index (χ1) is 10.8. The molecule has 0 aromatic rings. The molecule has 136 valence electrons. The maximum absolute atomic E-state index is 9.94. The Kier molecular flexibility index (Phi) is 6.30. The predicted molar refractivity (Wildman–Crippen MR) is 73.8 cm³/mol. The van der Waals surface area contributed by atoms with Gasteiger partial charge in [-0.15, -0.1) is 0 Å². The molecule has 2 rings (SSSR count). The minimum absolute atomic E-state index is 0.102. The Bertz CT molecular complexity index is 348. The number of aliphatic hydroxyl groups is 7. The summed E-state index contributed by atoms with van der Waals surface area (Å²) in [6.45, 7) is -0.985. The fourth-order valence-corrected chi connectivity index (χ4v) is 3.00. The van der Waals surface area contributed by atoms with Crippen LogP contribution in [0.15, 0.2) is 0 Å². The van der Waals surface area contributed by atoms with Crippen molar-refractivity contribution in [3.63, 3.8) is 0 Å². The van der Waals surface area contributed by atoms with E-state index in [0.29, 0.717) is 0 Å². The molecule has 1 aliphatic heterocycles. The lowest BCUT2D eigenvalue weighted by molar-refractivity contribution is -0.318. The number of ether oxygens (including phenoxy) is 2. The van der Waals surface area contributed by atoms with Gasteiger partial charge in [0.2, 0.25) is 0 Å². The number of nitrogens with two attached hydrogens (primary N) is 1. The van der Waals surface area contributed by atoms with Gasteiger partial charge in [0, 0.05) is 12.5 Å². The van der Waals surface area contributed by atoms with Crippen molar-refractivity contribution >= 4 is 0 Å². The second kappa shape index (κ2) is 7.66. The Labute approximate surface area is 132 Å². The van der Waals surface area contributed by atoms with E-state index < -0.39 is 67.6 Å². The summed E-state index contributed by atoms with van der Waals surface area (Å²) in [4.78, 5) is 0. The molecule has 2 aliphatic rings. The fourth-order valence-electron chi connectivity index (χ4n) is 3.00. The Morgan fingerprint density at radius 3 is 2.09 bits per heavy atom. The SMILES string of the molecule is N[C@@H]1[C@@H](O)[C@H](O)[C@@H](CO)C[C@@H]1O[C@H]1O[C@H](CO)[C@@H](O)[C@H](O)[C@H]1O. The predicted octanol–water partition coefficient (Wildman–Crippen LogP) is -4.77. The zero-order chi connectivity index (χ0) is 17.3. The van der Waals surface area contributed by atoms with Crippen LogP contribution in [0.25, 0.3) is 0 Å². The molecule has 10 nitrogen and oxygen atoms in total. The van der Waals surface area contributed by atoms with Gasteiger partial charge in [-0.05, 0) is 6.42 Å². The van der Waals surface area contributed by atoms with Gasteiger partial charge in [0.05, 0.1) is 31.0 Å². The summed E-state index contributed by atoms with van der Waals surface area (Å²) in [6.07, 6.45) is -10.5. The van der Waals surface area contributed by atoms with Gasteiger partial charge >= 0.3 is 0 Å². The van der Waals surface area contributed by atoms with E-state index in [1.54, 1.807) is 0 Å². The van der Waals surface area contributed by atoms with Crippen molar-refractivity contribution in [2.75, 3.05) is 13.2 Å². The molecular weight excluding hydrogens is 314 g/mol. The van der Waals surface area contributed by atoms with Gasteiger partial charge in [-0.3, -0.25) is 0 Å². The third-order valence-corrected chi connectivity index (χ3v) is 4.58. The summed E-state index contributed by atoms with van der Waals surface area (Å²) in [5, 5.41) is 67.5. The fraction of sp³-hybridized carbons (Fsp3) is 1.00. The van der Waals surface area contributed by atoms with Crippen LogP contribution < -0.4 is 5.73 Å². The van der Waals surface area contributed by atoms with Crippen molar-refractivity contribution in [1.29, 1.82) is 0 Å². The third kappa shape index (κ3) is 3.66. The van der Waals surface area contributed by atoms with Crippen LogP contribution in [-0.4, -0.2) is 104 Å². The van der Waals surface area contributed by atoms with Gasteiger partial charge in [-0.1, -0.05) is 0 Å². The van der Waals surface area contributed by atoms with E-state index in [-0.39, 0.29) is 13.0 Å². The normalized spacial score (nSPS) is 51.7. The first-order valence-corrected chi connectivity index (χ1v) is 7.50. The number of hydrogen-bond acceptors (Lipinski definition) is 10. The van der Waals surface area contributed by atoms with Crippen LogP contribution in [0.1, 0.15) is 6.42 Å². The summed E-state index contributed by atoms with van der Waals surface area (Å²) >= 11 is 0. The first-order valence-electron chi connectivity index (χ1n) is 7.50. The second-order valence-electron chi connectivity index (χ2n) is 6.11. The summed E-state index contributed by atoms with van der Waals surface area (Å²) in [5.74, 6) is -0.667. The van der Waals surface area contributed by atoms with E-state index in [4.69, 9.17) is 20.3 Å². The van der Waals surface area contributed by atoms with Crippen molar-refractivity contribution < 1.29 is 45.2 Å². The van der Waals surface area contributed by atoms with Crippen LogP contribution in [0.3, 0.4) is 0 Å². The van der Waals surface area contributed by atoms with Crippen molar-refractivity contribution in [1.82, 2.24) is 0 Å². The van der Waals surface area contributed by atoms with Crippen LogP contribution in [0.4, 0.5) is 0 Å². The quantitative estimate of drug-likeness (QED) is 0.247. The Hall–Kier alpha value is -0.400. The van der Waals surface area contributed by atoms with Crippen molar-refractivity contribution in [3.8, 4) is 0 Å². The lowest BCUT2D eigenvalue weighted by atomic mass is 9.80. The lowest BCUT2D eigenvalue weighted by Gasteiger charge is -2.45. The maximum atomic E-state index is 9.94. The van der Waals surface area contributed by atoms with Crippen LogP contribution in [0.5, 0.6) is 0 Å². The summed E-state index contributed by atoms with van der Waals surface area (Å²) in [6, 6.07) is -1.000. The highest BCUT2D eigenvalue weighted by atomic mass is 16.7. The molecule has 9 N–H and O–H groups in total. The second-order valence-corrected chi connectivity index (χ2v) is 6.11. The van der Waals surface area contributed by atoms with Crippen LogP contribution in [0, 0.1) is 5.92 Å². The molecule has 1 saturated heterocycles. The Morgan fingerprint density at radius 1 is 0.870 bits per heavy atom. The molecule has 0 aromatic heterocycles. The minimum atomic E-state index is -1.59. The van der Waals surface area contributed by atoms with Crippen molar-refractivity contribution in [2.45, 2.75) is 61.5 Å². The average Bonchev–Trinajstić information content (AvgIpc) is 2.55. The van der Waals surface area contributed by atoms with Gasteiger partial charge < -0.3 is 51.0 Å². The van der Waals surface area contributed by atoms with Crippen molar-refractivity contribution in [2.24, 2.45) is 11.7 Å². The zero-order valence-corrected chi connectivity index (χ0v) is 12.4. The van der Waals surface area contributed by atoms with E-state index in [1.165, 1.54) is 0 Å². The summed E-state index contributed by atoms with van der Waals surface area (Å²) in [5.41, 5.74) is 5.81. The van der Waals surface area contributed by atoms with E-state index in [2.05, 4.69) is 0 Å². The summed E-state index contributed by atoms with van der Waals surface area (Å²) in [7, 11) is 0. The van der Waals surface area contributed by atoms with Gasteiger partial charge in [-0.25, -0.2) is 0 Å². The molecule has 0 bridgehead atoms. The standard InChI is InChI=1S/C13H25NO9/c14-7-5(1-4(2-15)8(17)10(7)19)22-13-12(21)11(20)9(18)6(3-16)23-13/h4-13,15-21H,1-3,14H2/t4-,5+,6-,7+,8-,9-,10-,11+,12-,13+/m1/s1. The minimum Gasteiger partial charge on any atom is -0.396 e. The number of aliphatic hydroxyl groups excluding tert-OH is 7. The first kappa shape index (κ1) is 18.9. The molecule has 1 aliphatic carbocycles. The van der Waals surface area contributed by atoms with E-state index in [9.17, 15) is 30.6 Å². The van der Waals surface area contributed by atoms with Crippen LogP contribution >= 0.6 is 0 Å². The van der Waals surface area contributed by atoms with E-state index in [0.717, 1.165) is 0 Å². The molecular formula is C13H25NO9. The van der Waals surface area contributed by atoms with Crippen molar-refractivity contribution in [3.05, 3.63) is 0 Å². The zero-order valence-electron chi connectivity index (χ0n) is 12.4. The molecule has 1 saturated carbocycles. The molecule has 2 fully saturated rings. The molecule has 23 heavy (non-hydrogen) atoms. The molecule has 1 heterocycles. The molecule has 10 heteroatoms. The van der Waals surface area contributed by atoms with Crippen LogP contribution in [-0.2, 0) is 9.47 Å². The van der Waals surface area contributed by atoms with Crippen LogP contribution in [0.2, 0.25) is 0 Å². The molecule has 10 atom stereocenters. The summed E-state index contributed by atoms with van der Waals surface area (Å²) < 4.78 is 10.7. The molecule has 0 amide bonds. The largest absolute Gasteiger partial charge is 0.396 e. The Morgan fingerprint density at radius 2 is 1.52 bits per heavy atom. The number of rotatable bonds is 4. The highest BCUT2D eigenvalue weighted by Gasteiger charge is 2.48. The molecule has 0 radical (unpaired) electrons. The lowest BCUT2D eigenvalue weighted by Crippen LogP contribution is -2.63. The van der Waals surface area contributed by atoms with E-state index in [1.807, 2.05) is 0 Å². The average molecular weight is 339 g/mol. The van der Waals surface area contributed by atoms with Gasteiger partial charge in [0.1, 0.15) is 24.4 Å². The molecule has 0 aromatic carbocycles. The monoisotopic (exact) mass is 339 g/mol. The number of hydrogen-bond donors (Lipinski definition) is 8. The van der Waals surface area contributed by atoms with Gasteiger partial charge in [0.25, 0.3) is 0 Å². The topological polar surface area (TPSA) is 186 Å². The Balaban J connectivity index is 2.07. The highest BCUT2D eigenvalue weighted by molar-refractivity contribution is 4.97. The molecule has 0 spiro atoms.